The average Bonchev–Trinajstić information content (AvgIpc) is 3.53. The van der Waals surface area contributed by atoms with E-state index in [1.807, 2.05) is 24.3 Å². The molecule has 1 aromatic heterocycles. The summed E-state index contributed by atoms with van der Waals surface area (Å²) in [6.07, 6.45) is 5.36. The fourth-order valence-electron chi connectivity index (χ4n) is 6.62. The Hall–Kier alpha value is -4.98. The van der Waals surface area contributed by atoms with Crippen molar-refractivity contribution in [1.29, 1.82) is 0 Å². The molecule has 278 valence electrons. The standard InChI is InChI=1S/C37H44ClFN6O7/c38-20-32(46)42-28(15-16-33(47)48)37(52)45-17-4-3-10-31(45)36(51)44-30(19-23-21-40-27-9-2-1-8-26(23)27)35(50)43-29(34(49)41-25-6-5-7-25)18-22-11-13-24(39)14-12-22/h1-2,8-9,11-14,21,25,28-31,40H,3-7,10,15-20H2,(H,41,49)(H,42,46)(H,43,50)(H,44,51)(H,47,48). The molecule has 5 rings (SSSR count). The molecule has 0 radical (unpaired) electrons. The van der Waals surface area contributed by atoms with Gasteiger partial charge in [-0.15, -0.1) is 11.6 Å². The van der Waals surface area contributed by atoms with Gasteiger partial charge < -0.3 is 36.3 Å². The van der Waals surface area contributed by atoms with Crippen molar-refractivity contribution in [3.05, 3.63) is 71.7 Å². The lowest BCUT2D eigenvalue weighted by molar-refractivity contribution is -0.146. The van der Waals surface area contributed by atoms with Crippen LogP contribution in [-0.2, 0) is 41.6 Å². The van der Waals surface area contributed by atoms with Crippen LogP contribution in [0.4, 0.5) is 4.39 Å². The van der Waals surface area contributed by atoms with E-state index in [1.165, 1.54) is 17.0 Å². The van der Waals surface area contributed by atoms with E-state index in [2.05, 4.69) is 26.3 Å². The molecule has 0 spiro atoms. The van der Waals surface area contributed by atoms with Gasteiger partial charge in [0.1, 0.15) is 35.9 Å². The van der Waals surface area contributed by atoms with Crippen LogP contribution in [0.25, 0.3) is 10.9 Å². The van der Waals surface area contributed by atoms with Gasteiger partial charge in [0.15, 0.2) is 0 Å². The lowest BCUT2D eigenvalue weighted by Crippen LogP contribution is -2.61. The van der Waals surface area contributed by atoms with Crippen molar-refractivity contribution >= 4 is 58.0 Å². The number of aromatic nitrogens is 1. The first-order valence-electron chi connectivity index (χ1n) is 17.6. The minimum absolute atomic E-state index is 0.00907. The van der Waals surface area contributed by atoms with E-state index in [0.717, 1.165) is 35.7 Å². The van der Waals surface area contributed by atoms with Gasteiger partial charge in [0.25, 0.3) is 0 Å². The van der Waals surface area contributed by atoms with Crippen LogP contribution in [0.1, 0.15) is 62.5 Å². The number of amides is 5. The van der Waals surface area contributed by atoms with E-state index in [-0.39, 0.29) is 38.3 Å². The predicted molar refractivity (Wildman–Crippen MR) is 191 cm³/mol. The van der Waals surface area contributed by atoms with Crippen molar-refractivity contribution in [2.75, 3.05) is 12.4 Å². The van der Waals surface area contributed by atoms with Gasteiger partial charge in [-0.2, -0.15) is 0 Å². The number of hydrogen-bond donors (Lipinski definition) is 6. The summed E-state index contributed by atoms with van der Waals surface area (Å²) < 4.78 is 13.7. The van der Waals surface area contributed by atoms with Crippen molar-refractivity contribution < 1.29 is 38.3 Å². The fourth-order valence-corrected chi connectivity index (χ4v) is 6.69. The molecule has 3 aromatic rings. The highest BCUT2D eigenvalue weighted by Gasteiger charge is 2.38. The zero-order valence-corrected chi connectivity index (χ0v) is 29.4. The molecule has 1 aliphatic carbocycles. The third kappa shape index (κ3) is 10.1. The number of carboxylic acid groups (broad SMARTS) is 1. The largest absolute Gasteiger partial charge is 0.481 e. The molecule has 52 heavy (non-hydrogen) atoms. The molecular formula is C37H44ClFN6O7. The lowest BCUT2D eigenvalue weighted by atomic mass is 9.92. The summed E-state index contributed by atoms with van der Waals surface area (Å²) in [5.41, 5.74) is 2.19. The van der Waals surface area contributed by atoms with E-state index in [0.29, 0.717) is 18.4 Å². The molecular weight excluding hydrogens is 695 g/mol. The maximum atomic E-state index is 14.2. The van der Waals surface area contributed by atoms with E-state index < -0.39 is 77.8 Å². The molecule has 4 unspecified atom stereocenters. The van der Waals surface area contributed by atoms with Crippen LogP contribution in [0.2, 0.25) is 0 Å². The van der Waals surface area contributed by atoms with Gasteiger partial charge in [-0.05, 0) is 74.3 Å². The second-order valence-electron chi connectivity index (χ2n) is 13.4. The molecule has 15 heteroatoms. The number of nitrogens with one attached hydrogen (secondary N) is 5. The van der Waals surface area contributed by atoms with Gasteiger partial charge in [0.05, 0.1) is 0 Å². The molecule has 1 saturated carbocycles. The number of fused-ring (bicyclic) bond motifs is 1. The van der Waals surface area contributed by atoms with Crippen molar-refractivity contribution in [2.24, 2.45) is 0 Å². The number of carbonyl (C=O) groups is 6. The van der Waals surface area contributed by atoms with Gasteiger partial charge in [-0.3, -0.25) is 28.8 Å². The van der Waals surface area contributed by atoms with Gasteiger partial charge in [0.2, 0.25) is 29.5 Å². The topological polar surface area (TPSA) is 190 Å². The summed E-state index contributed by atoms with van der Waals surface area (Å²) in [5, 5.41) is 21.2. The second-order valence-corrected chi connectivity index (χ2v) is 13.6. The number of carboxylic acids is 1. The molecule has 2 heterocycles. The van der Waals surface area contributed by atoms with Crippen LogP contribution in [0.15, 0.2) is 54.7 Å². The minimum atomic E-state index is -1.22. The SMILES string of the molecule is O=C(O)CCC(NC(=O)CCl)C(=O)N1CCCCC1C(=O)NC(Cc1c[nH]c2ccccc12)C(=O)NC(Cc1ccc(F)cc1)C(=O)NC1CCC1. The van der Waals surface area contributed by atoms with E-state index in [1.54, 1.807) is 18.3 Å². The second kappa shape index (κ2) is 18.0. The third-order valence-electron chi connectivity index (χ3n) is 9.66. The highest BCUT2D eigenvalue weighted by atomic mass is 35.5. The number of halogens is 2. The van der Waals surface area contributed by atoms with Gasteiger partial charge in [-0.25, -0.2) is 4.39 Å². The molecule has 6 N–H and O–H groups in total. The highest BCUT2D eigenvalue weighted by molar-refractivity contribution is 6.27. The molecule has 1 aliphatic heterocycles. The molecule has 5 amide bonds. The molecule has 2 aliphatic rings. The molecule has 0 bridgehead atoms. The lowest BCUT2D eigenvalue weighted by Gasteiger charge is -2.37. The first kappa shape index (κ1) is 38.3. The van der Waals surface area contributed by atoms with Crippen LogP contribution >= 0.6 is 11.6 Å². The van der Waals surface area contributed by atoms with E-state index in [4.69, 9.17) is 11.6 Å². The number of benzene rings is 2. The first-order chi connectivity index (χ1) is 25.0. The minimum Gasteiger partial charge on any atom is -0.481 e. The third-order valence-corrected chi connectivity index (χ3v) is 9.90. The number of carbonyl (C=O) groups excluding carboxylic acids is 5. The Morgan fingerprint density at radius 1 is 0.865 bits per heavy atom. The number of rotatable bonds is 16. The van der Waals surface area contributed by atoms with Gasteiger partial charge in [0, 0.05) is 48.9 Å². The van der Waals surface area contributed by atoms with Crippen LogP contribution < -0.4 is 21.3 Å². The molecule has 2 aromatic carbocycles. The van der Waals surface area contributed by atoms with Gasteiger partial charge >= 0.3 is 5.97 Å². The summed E-state index contributed by atoms with van der Waals surface area (Å²) in [7, 11) is 0. The Balaban J connectivity index is 1.40. The summed E-state index contributed by atoms with van der Waals surface area (Å²) in [6.45, 7) is 0.178. The normalized spacial score (nSPS) is 17.7. The zero-order valence-electron chi connectivity index (χ0n) is 28.7. The summed E-state index contributed by atoms with van der Waals surface area (Å²) in [6, 6.07) is 8.67. The van der Waals surface area contributed by atoms with E-state index >= 15 is 0 Å². The highest BCUT2D eigenvalue weighted by Crippen LogP contribution is 2.23. The Kier molecular flexibility index (Phi) is 13.2. The Bertz CT molecular complexity index is 1760. The first-order valence-corrected chi connectivity index (χ1v) is 18.1. The Morgan fingerprint density at radius 2 is 1.60 bits per heavy atom. The summed E-state index contributed by atoms with van der Waals surface area (Å²) in [5.74, 6) is -4.94. The molecule has 13 nitrogen and oxygen atoms in total. The number of alkyl halides is 1. The number of para-hydroxylation sites is 1. The molecule has 4 atom stereocenters. The maximum absolute atomic E-state index is 14.2. The fraction of sp³-hybridized carbons (Fsp3) is 0.459. The number of aromatic amines is 1. The van der Waals surface area contributed by atoms with Gasteiger partial charge in [-0.1, -0.05) is 30.3 Å². The number of piperidine rings is 1. The van der Waals surface area contributed by atoms with Crippen molar-refractivity contribution in [3.63, 3.8) is 0 Å². The van der Waals surface area contributed by atoms with Crippen LogP contribution in [0.5, 0.6) is 0 Å². The maximum Gasteiger partial charge on any atom is 0.303 e. The van der Waals surface area contributed by atoms with Crippen LogP contribution in [0, 0.1) is 5.82 Å². The molecule has 2 fully saturated rings. The zero-order chi connectivity index (χ0) is 37.2. The number of likely N-dealkylation sites (tertiary alicyclic amines) is 1. The smallest absolute Gasteiger partial charge is 0.303 e. The Morgan fingerprint density at radius 3 is 2.29 bits per heavy atom. The predicted octanol–water partition coefficient (Wildman–Crippen LogP) is 2.70. The molecule has 1 saturated heterocycles. The summed E-state index contributed by atoms with van der Waals surface area (Å²) >= 11 is 5.65. The summed E-state index contributed by atoms with van der Waals surface area (Å²) in [4.78, 5) is 83.6. The van der Waals surface area contributed by atoms with Crippen LogP contribution in [0.3, 0.4) is 0 Å². The van der Waals surface area contributed by atoms with Crippen LogP contribution in [-0.4, -0.2) is 93.1 Å². The number of H-pyrrole nitrogens is 1. The van der Waals surface area contributed by atoms with Crippen molar-refractivity contribution in [3.8, 4) is 0 Å². The Labute approximate surface area is 305 Å². The number of hydrogen-bond acceptors (Lipinski definition) is 6. The van der Waals surface area contributed by atoms with Crippen molar-refractivity contribution in [2.45, 2.75) is 94.4 Å². The quantitative estimate of drug-likeness (QED) is 0.122. The van der Waals surface area contributed by atoms with E-state index in [9.17, 15) is 38.3 Å². The monoisotopic (exact) mass is 738 g/mol. The van der Waals surface area contributed by atoms with Crippen molar-refractivity contribution in [1.82, 2.24) is 31.2 Å². The average molecular weight is 739 g/mol. The number of nitrogens with zero attached hydrogens (tertiary/aromatic N) is 1. The number of aliphatic carboxylic acids is 1.